The number of aromatic nitrogens is 2. The van der Waals surface area contributed by atoms with E-state index in [1.807, 2.05) is 13.0 Å². The second-order valence-electron chi connectivity index (χ2n) is 4.86. The summed E-state index contributed by atoms with van der Waals surface area (Å²) in [6, 6.07) is 4.83. The summed E-state index contributed by atoms with van der Waals surface area (Å²) in [5.41, 5.74) is 7.06. The minimum absolute atomic E-state index is 0.260. The van der Waals surface area contributed by atoms with Crippen LogP contribution in [-0.2, 0) is 16.6 Å². The van der Waals surface area contributed by atoms with E-state index in [2.05, 4.69) is 14.7 Å². The van der Waals surface area contributed by atoms with Gasteiger partial charge in [0, 0.05) is 18.9 Å². The Labute approximate surface area is 124 Å². The van der Waals surface area contributed by atoms with Crippen LogP contribution < -0.4 is 10.5 Å². The lowest BCUT2D eigenvalue weighted by atomic mass is 10.1. The van der Waals surface area contributed by atoms with Gasteiger partial charge in [0.2, 0.25) is 10.0 Å². The summed E-state index contributed by atoms with van der Waals surface area (Å²) in [5.74, 6) is 0.605. The Kier molecular flexibility index (Phi) is 4.76. The third-order valence-electron chi connectivity index (χ3n) is 3.33. The van der Waals surface area contributed by atoms with Crippen LogP contribution in [-0.4, -0.2) is 18.4 Å². The van der Waals surface area contributed by atoms with Crippen LogP contribution in [0.2, 0.25) is 0 Å². The molecule has 0 aliphatic heterocycles. The van der Waals surface area contributed by atoms with Crippen LogP contribution >= 0.6 is 0 Å². The summed E-state index contributed by atoms with van der Waals surface area (Å²) in [7, 11) is -3.63. The summed E-state index contributed by atoms with van der Waals surface area (Å²) in [6.07, 6.45) is 3.88. The van der Waals surface area contributed by atoms with Crippen LogP contribution in [0.25, 0.3) is 0 Å². The summed E-state index contributed by atoms with van der Waals surface area (Å²) in [5, 5.41) is 0. The first kappa shape index (κ1) is 15.7. The minimum Gasteiger partial charge on any atom is -0.347 e. The fraction of sp³-hybridized carbons (Fsp3) is 0.357. The molecule has 1 aromatic heterocycles. The van der Waals surface area contributed by atoms with Crippen molar-refractivity contribution < 1.29 is 8.42 Å². The lowest BCUT2D eigenvalue weighted by Gasteiger charge is -2.16. The van der Waals surface area contributed by atoms with E-state index in [1.165, 1.54) is 0 Å². The number of hydrogen-bond acceptors (Lipinski definition) is 4. The van der Waals surface area contributed by atoms with Gasteiger partial charge in [0.15, 0.2) is 0 Å². The fourth-order valence-electron chi connectivity index (χ4n) is 2.11. The second-order valence-corrected chi connectivity index (χ2v) is 6.54. The number of H-pyrrole nitrogens is 1. The van der Waals surface area contributed by atoms with Crippen LogP contribution in [0.1, 0.15) is 36.3 Å². The smallest absolute Gasteiger partial charge is 0.241 e. The third kappa shape index (κ3) is 3.49. The number of imidazole rings is 1. The van der Waals surface area contributed by atoms with E-state index in [0.29, 0.717) is 24.4 Å². The van der Waals surface area contributed by atoms with Crippen molar-refractivity contribution in [3.63, 3.8) is 0 Å². The van der Waals surface area contributed by atoms with Gasteiger partial charge in [-0.1, -0.05) is 19.1 Å². The van der Waals surface area contributed by atoms with Crippen molar-refractivity contribution in [1.82, 2.24) is 14.7 Å². The molecule has 21 heavy (non-hydrogen) atoms. The van der Waals surface area contributed by atoms with E-state index < -0.39 is 10.0 Å². The lowest BCUT2D eigenvalue weighted by molar-refractivity contribution is 0.539. The summed E-state index contributed by atoms with van der Waals surface area (Å²) in [4.78, 5) is 7.32. The molecule has 2 rings (SSSR count). The molecule has 0 spiro atoms. The number of rotatable bonds is 6. The highest BCUT2D eigenvalue weighted by Gasteiger charge is 2.23. The number of aryl methyl sites for hydroxylation is 1. The number of nitrogens with one attached hydrogen (secondary N) is 2. The monoisotopic (exact) mass is 308 g/mol. The van der Waals surface area contributed by atoms with Crippen molar-refractivity contribution in [2.45, 2.75) is 37.8 Å². The zero-order valence-electron chi connectivity index (χ0n) is 12.1. The molecule has 0 aliphatic carbocycles. The molecule has 1 heterocycles. The van der Waals surface area contributed by atoms with E-state index in [4.69, 9.17) is 5.73 Å². The molecule has 6 nitrogen and oxygen atoms in total. The molecule has 7 heteroatoms. The molecule has 0 saturated heterocycles. The van der Waals surface area contributed by atoms with Gasteiger partial charge < -0.3 is 10.7 Å². The van der Waals surface area contributed by atoms with Crippen molar-refractivity contribution in [2.75, 3.05) is 0 Å². The molecule has 114 valence electrons. The maximum atomic E-state index is 12.6. The van der Waals surface area contributed by atoms with E-state index >= 15 is 0 Å². The minimum atomic E-state index is -3.63. The predicted molar refractivity (Wildman–Crippen MR) is 81.0 cm³/mol. The summed E-state index contributed by atoms with van der Waals surface area (Å²) < 4.78 is 27.9. The van der Waals surface area contributed by atoms with Crippen LogP contribution in [0.5, 0.6) is 0 Å². The van der Waals surface area contributed by atoms with E-state index in [0.717, 1.165) is 5.56 Å². The van der Waals surface area contributed by atoms with Crippen molar-refractivity contribution in [1.29, 1.82) is 0 Å². The highest BCUT2D eigenvalue weighted by Crippen LogP contribution is 2.21. The average molecular weight is 308 g/mol. The lowest BCUT2D eigenvalue weighted by Crippen LogP contribution is -2.29. The van der Waals surface area contributed by atoms with E-state index in [1.54, 1.807) is 31.5 Å². The fourth-order valence-corrected chi connectivity index (χ4v) is 3.69. The molecule has 4 N–H and O–H groups in total. The predicted octanol–water partition coefficient (Wildman–Crippen LogP) is 1.61. The largest absolute Gasteiger partial charge is 0.347 e. The molecule has 0 aliphatic rings. The molecular weight excluding hydrogens is 288 g/mol. The van der Waals surface area contributed by atoms with Crippen molar-refractivity contribution in [3.8, 4) is 0 Å². The number of aromatic amines is 1. The van der Waals surface area contributed by atoms with Gasteiger partial charge in [0.25, 0.3) is 0 Å². The van der Waals surface area contributed by atoms with Crippen LogP contribution in [0.15, 0.2) is 35.5 Å². The first-order valence-electron chi connectivity index (χ1n) is 6.79. The normalized spacial score (nSPS) is 13.3. The van der Waals surface area contributed by atoms with Gasteiger partial charge in [0.05, 0.1) is 10.9 Å². The molecule has 0 saturated carbocycles. The number of sulfonamides is 1. The van der Waals surface area contributed by atoms with E-state index in [-0.39, 0.29) is 10.9 Å². The number of hydrogen-bond donors (Lipinski definition) is 3. The zero-order valence-corrected chi connectivity index (χ0v) is 12.9. The van der Waals surface area contributed by atoms with Crippen molar-refractivity contribution in [2.24, 2.45) is 5.73 Å². The Bertz CT molecular complexity index is 696. The Balaban J connectivity index is 2.34. The highest BCUT2D eigenvalue weighted by molar-refractivity contribution is 7.89. The van der Waals surface area contributed by atoms with Crippen molar-refractivity contribution >= 4 is 10.0 Å². The average Bonchev–Trinajstić information content (AvgIpc) is 2.99. The molecule has 1 aromatic carbocycles. The van der Waals surface area contributed by atoms with Crippen molar-refractivity contribution in [3.05, 3.63) is 47.5 Å². The maximum absolute atomic E-state index is 12.6. The van der Waals surface area contributed by atoms with Gasteiger partial charge >= 0.3 is 0 Å². The topological polar surface area (TPSA) is 101 Å². The van der Waals surface area contributed by atoms with Crippen LogP contribution in [0, 0.1) is 6.92 Å². The second kappa shape index (κ2) is 6.38. The molecule has 0 radical (unpaired) electrons. The first-order valence-corrected chi connectivity index (χ1v) is 8.27. The quantitative estimate of drug-likeness (QED) is 0.754. The molecule has 1 atom stereocenters. The zero-order chi connectivity index (χ0) is 15.5. The molecule has 0 amide bonds. The standard InChI is InChI=1S/C14H20N4O2S/c1-3-12(14-16-6-7-17-14)18-21(19,20)13-8-11(9-15)5-4-10(13)2/h4-8,12,18H,3,9,15H2,1-2H3,(H,16,17). The highest BCUT2D eigenvalue weighted by atomic mass is 32.2. The Morgan fingerprint density at radius 2 is 2.19 bits per heavy atom. The number of nitrogens with two attached hydrogens (primary N) is 1. The number of benzene rings is 1. The summed E-state index contributed by atoms with van der Waals surface area (Å²) in [6.45, 7) is 3.97. The van der Waals surface area contributed by atoms with Crippen LogP contribution in [0.4, 0.5) is 0 Å². The molecule has 2 aromatic rings. The maximum Gasteiger partial charge on any atom is 0.241 e. The van der Waals surface area contributed by atoms with Gasteiger partial charge in [-0.15, -0.1) is 0 Å². The Morgan fingerprint density at radius 1 is 1.43 bits per heavy atom. The molecule has 1 unspecified atom stereocenters. The molecular formula is C14H20N4O2S. The van der Waals surface area contributed by atoms with Gasteiger partial charge in [-0.25, -0.2) is 18.1 Å². The van der Waals surface area contributed by atoms with Gasteiger partial charge in [-0.05, 0) is 30.5 Å². The SMILES string of the molecule is CCC(NS(=O)(=O)c1cc(CN)ccc1C)c1ncc[nH]1. The number of nitrogens with zero attached hydrogens (tertiary/aromatic N) is 1. The van der Waals surface area contributed by atoms with Crippen LogP contribution in [0.3, 0.4) is 0 Å². The van der Waals surface area contributed by atoms with Gasteiger partial charge in [0.1, 0.15) is 5.82 Å². The van der Waals surface area contributed by atoms with E-state index in [9.17, 15) is 8.42 Å². The van der Waals surface area contributed by atoms with Gasteiger partial charge in [-0.3, -0.25) is 0 Å². The molecule has 0 bridgehead atoms. The first-order chi connectivity index (χ1) is 9.97. The summed E-state index contributed by atoms with van der Waals surface area (Å²) >= 11 is 0. The Hall–Kier alpha value is -1.70. The molecule has 0 fully saturated rings. The third-order valence-corrected chi connectivity index (χ3v) is 4.95. The van der Waals surface area contributed by atoms with Gasteiger partial charge in [-0.2, -0.15) is 0 Å². The Morgan fingerprint density at radius 3 is 2.76 bits per heavy atom.